The number of nitrogens with one attached hydrogen (secondary N) is 1. The van der Waals surface area contributed by atoms with E-state index < -0.39 is 0 Å². The summed E-state index contributed by atoms with van der Waals surface area (Å²) in [6.45, 7) is 2.38. The van der Waals surface area contributed by atoms with Crippen LogP contribution in [-0.2, 0) is 0 Å². The molecule has 0 spiro atoms. The molecule has 0 saturated carbocycles. The van der Waals surface area contributed by atoms with Crippen LogP contribution in [0.5, 0.6) is 0 Å². The van der Waals surface area contributed by atoms with E-state index in [4.69, 9.17) is 5.84 Å². The third-order valence-electron chi connectivity index (χ3n) is 1.94. The van der Waals surface area contributed by atoms with Gasteiger partial charge in [-0.2, -0.15) is 4.98 Å². The van der Waals surface area contributed by atoms with Gasteiger partial charge >= 0.3 is 0 Å². The summed E-state index contributed by atoms with van der Waals surface area (Å²) in [4.78, 5) is 26.0. The molecule has 0 aromatic carbocycles. The molecule has 0 aliphatic carbocycles. The fraction of sp³-hybridized carbons (Fsp3) is 0.250. The topological polar surface area (TPSA) is 101 Å². The van der Waals surface area contributed by atoms with Crippen LogP contribution in [0.25, 0.3) is 11.2 Å². The second-order valence-corrected chi connectivity index (χ2v) is 2.90. The Hall–Kier alpha value is -2.02. The van der Waals surface area contributed by atoms with Crippen LogP contribution >= 0.6 is 0 Å². The summed E-state index contributed by atoms with van der Waals surface area (Å²) in [7, 11) is 0. The lowest BCUT2D eigenvalue weighted by atomic mass is 10.5. The van der Waals surface area contributed by atoms with Gasteiger partial charge in [-0.05, 0) is 6.92 Å². The molecule has 78 valence electrons. The Balaban J connectivity index is 2.67. The van der Waals surface area contributed by atoms with Crippen LogP contribution in [0.4, 0.5) is 5.95 Å². The van der Waals surface area contributed by atoms with Gasteiger partial charge in [0.25, 0.3) is 5.56 Å². The van der Waals surface area contributed by atoms with Gasteiger partial charge in [-0.1, -0.05) is 0 Å². The number of rotatable bonds is 2. The minimum absolute atomic E-state index is 0.214. The third-order valence-corrected chi connectivity index (χ3v) is 1.94. The number of hydrazine groups is 1. The molecule has 0 unspecified atom stereocenters. The average molecular weight is 206 g/mol. The molecule has 0 amide bonds. The van der Waals surface area contributed by atoms with Crippen LogP contribution in [0.2, 0.25) is 0 Å². The van der Waals surface area contributed by atoms with Crippen molar-refractivity contribution in [3.63, 3.8) is 0 Å². The summed E-state index contributed by atoms with van der Waals surface area (Å²) in [6, 6.07) is 0. The van der Waals surface area contributed by atoms with Crippen LogP contribution < -0.4 is 16.4 Å². The van der Waals surface area contributed by atoms with Crippen LogP contribution in [0, 0.1) is 0 Å². The molecule has 0 radical (unpaired) electrons. The van der Waals surface area contributed by atoms with E-state index in [9.17, 15) is 4.79 Å². The molecule has 2 aromatic rings. The minimum Gasteiger partial charge on any atom is -0.289 e. The molecule has 0 atom stereocenters. The van der Waals surface area contributed by atoms with Crippen LogP contribution in [0.1, 0.15) is 6.92 Å². The fourth-order valence-corrected chi connectivity index (χ4v) is 1.15. The summed E-state index contributed by atoms with van der Waals surface area (Å²) < 4.78 is 0. The van der Waals surface area contributed by atoms with Crippen molar-refractivity contribution in [2.45, 2.75) is 6.92 Å². The lowest BCUT2D eigenvalue weighted by Gasteiger charge is -2.13. The Labute approximate surface area is 85.0 Å². The molecular formula is C8H10N6O. The molecule has 3 N–H and O–H groups in total. The van der Waals surface area contributed by atoms with E-state index >= 15 is 0 Å². The Morgan fingerprint density at radius 3 is 2.93 bits per heavy atom. The first-order valence-corrected chi connectivity index (χ1v) is 4.45. The summed E-state index contributed by atoms with van der Waals surface area (Å²) in [5.74, 6) is 5.89. The van der Waals surface area contributed by atoms with Crippen molar-refractivity contribution < 1.29 is 0 Å². The van der Waals surface area contributed by atoms with Crippen LogP contribution in [0.3, 0.4) is 0 Å². The maximum atomic E-state index is 11.5. The van der Waals surface area contributed by atoms with E-state index in [-0.39, 0.29) is 17.0 Å². The van der Waals surface area contributed by atoms with Crippen molar-refractivity contribution in [3.8, 4) is 0 Å². The molecule has 0 aliphatic rings. The van der Waals surface area contributed by atoms with Gasteiger partial charge in [0.2, 0.25) is 5.95 Å². The van der Waals surface area contributed by atoms with E-state index in [1.54, 1.807) is 0 Å². The normalized spacial score (nSPS) is 10.5. The third kappa shape index (κ3) is 1.64. The average Bonchev–Trinajstić information content (AvgIpc) is 2.28. The lowest BCUT2D eigenvalue weighted by molar-refractivity contribution is 0.838. The van der Waals surface area contributed by atoms with E-state index in [1.165, 1.54) is 17.4 Å². The first kappa shape index (κ1) is 9.53. The van der Waals surface area contributed by atoms with E-state index in [2.05, 4.69) is 19.9 Å². The van der Waals surface area contributed by atoms with Crippen molar-refractivity contribution in [1.29, 1.82) is 0 Å². The van der Waals surface area contributed by atoms with Crippen molar-refractivity contribution in [2.24, 2.45) is 5.84 Å². The second kappa shape index (κ2) is 3.62. The number of anilines is 1. The predicted octanol–water partition coefficient (Wildman–Crippen LogP) is -0.587. The Kier molecular flexibility index (Phi) is 2.30. The van der Waals surface area contributed by atoms with Crippen LogP contribution in [-0.4, -0.2) is 26.5 Å². The van der Waals surface area contributed by atoms with Gasteiger partial charge in [0, 0.05) is 18.9 Å². The SMILES string of the molecule is CCN(N)c1nc2nccnc2c(=O)[nH]1. The first-order valence-electron chi connectivity index (χ1n) is 4.45. The van der Waals surface area contributed by atoms with Crippen molar-refractivity contribution in [2.75, 3.05) is 11.6 Å². The predicted molar refractivity (Wildman–Crippen MR) is 55.2 cm³/mol. The summed E-state index contributed by atoms with van der Waals surface area (Å²) in [6.07, 6.45) is 2.92. The van der Waals surface area contributed by atoms with Gasteiger partial charge in [0.15, 0.2) is 11.2 Å². The molecule has 15 heavy (non-hydrogen) atoms. The number of fused-ring (bicyclic) bond motifs is 1. The highest BCUT2D eigenvalue weighted by Gasteiger charge is 2.07. The van der Waals surface area contributed by atoms with E-state index in [0.717, 1.165) is 0 Å². The standard InChI is InChI=1S/C8H10N6O/c1-2-14(9)8-12-6-5(7(15)13-8)10-3-4-11-6/h3-4H,2,9H2,1H3,(H,11,12,13,15). The zero-order valence-electron chi connectivity index (χ0n) is 8.14. The van der Waals surface area contributed by atoms with Gasteiger partial charge in [-0.25, -0.2) is 15.8 Å². The second-order valence-electron chi connectivity index (χ2n) is 2.90. The minimum atomic E-state index is -0.341. The first-order chi connectivity index (χ1) is 7.22. The van der Waals surface area contributed by atoms with Crippen LogP contribution in [0.15, 0.2) is 17.2 Å². The molecule has 7 nitrogen and oxygen atoms in total. The molecule has 2 heterocycles. The number of nitrogens with two attached hydrogens (primary N) is 1. The quantitative estimate of drug-likeness (QED) is 0.503. The van der Waals surface area contributed by atoms with Crippen molar-refractivity contribution in [1.82, 2.24) is 19.9 Å². The molecule has 7 heteroatoms. The summed E-state index contributed by atoms with van der Waals surface area (Å²) in [5.41, 5.74) is 0.165. The lowest BCUT2D eigenvalue weighted by Crippen LogP contribution is -2.33. The van der Waals surface area contributed by atoms with Gasteiger partial charge in [0.05, 0.1) is 0 Å². The zero-order valence-corrected chi connectivity index (χ0v) is 8.14. The van der Waals surface area contributed by atoms with E-state index in [0.29, 0.717) is 12.2 Å². The number of hydrogen-bond donors (Lipinski definition) is 2. The molecular weight excluding hydrogens is 196 g/mol. The van der Waals surface area contributed by atoms with Gasteiger partial charge < -0.3 is 0 Å². The number of nitrogens with zero attached hydrogens (tertiary/aromatic N) is 4. The summed E-state index contributed by atoms with van der Waals surface area (Å²) >= 11 is 0. The number of hydrogen-bond acceptors (Lipinski definition) is 6. The number of aromatic amines is 1. The Morgan fingerprint density at radius 1 is 1.47 bits per heavy atom. The molecule has 0 aliphatic heterocycles. The molecule has 2 rings (SSSR count). The van der Waals surface area contributed by atoms with Gasteiger partial charge in [-0.3, -0.25) is 14.8 Å². The fourth-order valence-electron chi connectivity index (χ4n) is 1.15. The van der Waals surface area contributed by atoms with Gasteiger partial charge in [-0.15, -0.1) is 0 Å². The largest absolute Gasteiger partial charge is 0.289 e. The highest BCUT2D eigenvalue weighted by molar-refractivity contribution is 5.68. The summed E-state index contributed by atoms with van der Waals surface area (Å²) in [5, 5.41) is 1.33. The number of H-pyrrole nitrogens is 1. The molecule has 2 aromatic heterocycles. The monoisotopic (exact) mass is 206 g/mol. The van der Waals surface area contributed by atoms with Gasteiger partial charge in [0.1, 0.15) is 0 Å². The number of aromatic nitrogens is 4. The molecule has 0 fully saturated rings. The highest BCUT2D eigenvalue weighted by atomic mass is 16.1. The van der Waals surface area contributed by atoms with Crippen molar-refractivity contribution >= 4 is 17.1 Å². The Bertz CT molecular complexity index is 536. The highest BCUT2D eigenvalue weighted by Crippen LogP contribution is 2.03. The smallest absolute Gasteiger partial charge is 0.280 e. The maximum Gasteiger partial charge on any atom is 0.280 e. The zero-order chi connectivity index (χ0) is 10.8. The Morgan fingerprint density at radius 2 is 2.20 bits per heavy atom. The van der Waals surface area contributed by atoms with Crippen molar-refractivity contribution in [3.05, 3.63) is 22.7 Å². The van der Waals surface area contributed by atoms with E-state index in [1.807, 2.05) is 6.92 Å². The maximum absolute atomic E-state index is 11.5. The molecule has 0 saturated heterocycles. The molecule has 0 bridgehead atoms.